The highest BCUT2D eigenvalue weighted by atomic mass is 15.1. The Kier molecular flexibility index (Phi) is 5.53. The zero-order valence-corrected chi connectivity index (χ0v) is 11.6. The van der Waals surface area contributed by atoms with Crippen LogP contribution in [0, 0.1) is 5.92 Å². The molecular weight excluding hydrogens is 220 g/mol. The third-order valence-electron chi connectivity index (χ3n) is 4.04. The molecule has 18 heavy (non-hydrogen) atoms. The van der Waals surface area contributed by atoms with Crippen LogP contribution < -0.4 is 5.32 Å². The highest BCUT2D eigenvalue weighted by molar-refractivity contribution is 5.42. The van der Waals surface area contributed by atoms with E-state index in [-0.39, 0.29) is 0 Å². The predicted molar refractivity (Wildman–Crippen MR) is 79.0 cm³/mol. The van der Waals surface area contributed by atoms with Crippen molar-refractivity contribution in [2.24, 2.45) is 5.92 Å². The summed E-state index contributed by atoms with van der Waals surface area (Å²) in [6.07, 6.45) is 5.42. The minimum Gasteiger partial charge on any atom is -0.385 e. The van der Waals surface area contributed by atoms with Crippen LogP contribution in [0.15, 0.2) is 30.3 Å². The van der Waals surface area contributed by atoms with Crippen LogP contribution in [0.2, 0.25) is 0 Å². The highest BCUT2D eigenvalue weighted by Gasteiger charge is 2.16. The second-order valence-corrected chi connectivity index (χ2v) is 5.34. The molecule has 0 radical (unpaired) electrons. The number of anilines is 1. The van der Waals surface area contributed by atoms with Gasteiger partial charge < -0.3 is 10.2 Å². The van der Waals surface area contributed by atoms with E-state index in [4.69, 9.17) is 0 Å². The average Bonchev–Trinajstić information content (AvgIpc) is 2.45. The van der Waals surface area contributed by atoms with Gasteiger partial charge in [-0.15, -0.1) is 0 Å². The minimum absolute atomic E-state index is 0.990. The molecule has 1 aromatic carbocycles. The van der Waals surface area contributed by atoms with E-state index in [1.165, 1.54) is 51.0 Å². The quantitative estimate of drug-likeness (QED) is 0.771. The third kappa shape index (κ3) is 4.34. The molecule has 1 aromatic rings. The number of hydrogen-bond acceptors (Lipinski definition) is 2. The summed E-state index contributed by atoms with van der Waals surface area (Å²) in [6.45, 7) is 7.27. The maximum atomic E-state index is 3.48. The molecule has 0 aliphatic carbocycles. The first-order chi connectivity index (χ1) is 8.88. The third-order valence-corrected chi connectivity index (χ3v) is 4.04. The van der Waals surface area contributed by atoms with Gasteiger partial charge in [0.1, 0.15) is 0 Å². The van der Waals surface area contributed by atoms with Gasteiger partial charge in [0.2, 0.25) is 0 Å². The van der Waals surface area contributed by atoms with E-state index in [0.29, 0.717) is 0 Å². The van der Waals surface area contributed by atoms with Crippen molar-refractivity contribution < 1.29 is 0 Å². The first kappa shape index (κ1) is 13.4. The zero-order valence-electron chi connectivity index (χ0n) is 11.6. The van der Waals surface area contributed by atoms with Gasteiger partial charge in [0.25, 0.3) is 0 Å². The van der Waals surface area contributed by atoms with Crippen molar-refractivity contribution in [1.82, 2.24) is 4.90 Å². The summed E-state index contributed by atoms with van der Waals surface area (Å²) in [7, 11) is 0. The van der Waals surface area contributed by atoms with E-state index in [2.05, 4.69) is 47.5 Å². The molecule has 2 rings (SSSR count). The summed E-state index contributed by atoms with van der Waals surface area (Å²) in [5.74, 6) is 0.990. The molecule has 1 aliphatic rings. The van der Waals surface area contributed by atoms with Crippen molar-refractivity contribution in [3.63, 3.8) is 0 Å². The Morgan fingerprint density at radius 1 is 1.17 bits per heavy atom. The molecule has 0 aromatic heterocycles. The molecule has 2 heteroatoms. The second kappa shape index (κ2) is 7.42. The molecule has 1 fully saturated rings. The van der Waals surface area contributed by atoms with Gasteiger partial charge >= 0.3 is 0 Å². The Labute approximate surface area is 111 Å². The molecule has 1 saturated heterocycles. The molecule has 0 amide bonds. The van der Waals surface area contributed by atoms with Crippen LogP contribution >= 0.6 is 0 Å². The van der Waals surface area contributed by atoms with Gasteiger partial charge in [-0.05, 0) is 56.9 Å². The monoisotopic (exact) mass is 246 g/mol. The number of benzene rings is 1. The van der Waals surface area contributed by atoms with Crippen LogP contribution in [0.3, 0.4) is 0 Å². The lowest BCUT2D eigenvalue weighted by molar-refractivity contribution is 0.181. The fraction of sp³-hybridized carbons (Fsp3) is 0.625. The SMILES string of the molecule is CCC1CCN(CCCNc2ccccc2)CC1. The summed E-state index contributed by atoms with van der Waals surface area (Å²) in [5, 5.41) is 3.48. The number of para-hydroxylation sites is 1. The first-order valence-corrected chi connectivity index (χ1v) is 7.39. The van der Waals surface area contributed by atoms with Gasteiger partial charge in [0.05, 0.1) is 0 Å². The van der Waals surface area contributed by atoms with Crippen LogP contribution in [0.5, 0.6) is 0 Å². The van der Waals surface area contributed by atoms with E-state index < -0.39 is 0 Å². The van der Waals surface area contributed by atoms with Crippen LogP contribution in [-0.4, -0.2) is 31.1 Å². The van der Waals surface area contributed by atoms with Crippen molar-refractivity contribution in [2.75, 3.05) is 31.5 Å². The van der Waals surface area contributed by atoms with Gasteiger partial charge in [-0.1, -0.05) is 31.5 Å². The van der Waals surface area contributed by atoms with Crippen LogP contribution in [0.25, 0.3) is 0 Å². The highest BCUT2D eigenvalue weighted by Crippen LogP contribution is 2.19. The van der Waals surface area contributed by atoms with Gasteiger partial charge in [-0.2, -0.15) is 0 Å². The summed E-state index contributed by atoms with van der Waals surface area (Å²) in [4.78, 5) is 2.62. The largest absolute Gasteiger partial charge is 0.385 e. The molecular formula is C16H26N2. The molecule has 100 valence electrons. The number of likely N-dealkylation sites (tertiary alicyclic amines) is 1. The Balaban J connectivity index is 1.56. The maximum Gasteiger partial charge on any atom is 0.0340 e. The van der Waals surface area contributed by atoms with Crippen molar-refractivity contribution in [3.05, 3.63) is 30.3 Å². The summed E-state index contributed by atoms with van der Waals surface area (Å²) < 4.78 is 0. The summed E-state index contributed by atoms with van der Waals surface area (Å²) in [5.41, 5.74) is 1.24. The fourth-order valence-corrected chi connectivity index (χ4v) is 2.71. The Hall–Kier alpha value is -1.02. The van der Waals surface area contributed by atoms with Crippen molar-refractivity contribution in [3.8, 4) is 0 Å². The van der Waals surface area contributed by atoms with E-state index in [9.17, 15) is 0 Å². The smallest absolute Gasteiger partial charge is 0.0340 e. The van der Waals surface area contributed by atoms with Crippen molar-refractivity contribution in [1.29, 1.82) is 0 Å². The number of nitrogens with one attached hydrogen (secondary N) is 1. The van der Waals surface area contributed by atoms with Gasteiger partial charge in [-0.3, -0.25) is 0 Å². The molecule has 1 N–H and O–H groups in total. The first-order valence-electron chi connectivity index (χ1n) is 7.39. The molecule has 1 heterocycles. The van der Waals surface area contributed by atoms with Gasteiger partial charge in [0.15, 0.2) is 0 Å². The van der Waals surface area contributed by atoms with E-state index in [1.807, 2.05) is 0 Å². The number of rotatable bonds is 6. The van der Waals surface area contributed by atoms with E-state index >= 15 is 0 Å². The predicted octanol–water partition coefficient (Wildman–Crippen LogP) is 3.61. The lowest BCUT2D eigenvalue weighted by Gasteiger charge is -2.31. The van der Waals surface area contributed by atoms with Crippen LogP contribution in [0.1, 0.15) is 32.6 Å². The van der Waals surface area contributed by atoms with Crippen molar-refractivity contribution in [2.45, 2.75) is 32.6 Å². The molecule has 2 nitrogen and oxygen atoms in total. The average molecular weight is 246 g/mol. The topological polar surface area (TPSA) is 15.3 Å². The number of nitrogens with zero attached hydrogens (tertiary/aromatic N) is 1. The lowest BCUT2D eigenvalue weighted by atomic mass is 9.94. The molecule has 0 spiro atoms. The van der Waals surface area contributed by atoms with E-state index in [0.717, 1.165) is 12.5 Å². The number of hydrogen-bond donors (Lipinski definition) is 1. The molecule has 1 aliphatic heterocycles. The molecule has 0 unspecified atom stereocenters. The standard InChI is InChI=1S/C16H26N2/c1-2-15-9-13-18(14-10-15)12-6-11-17-16-7-4-3-5-8-16/h3-5,7-8,15,17H,2,6,9-14H2,1H3. The summed E-state index contributed by atoms with van der Waals surface area (Å²) in [6, 6.07) is 10.5. The normalized spacial score (nSPS) is 17.8. The Morgan fingerprint density at radius 2 is 1.89 bits per heavy atom. The minimum atomic E-state index is 0.990. The maximum absolute atomic E-state index is 3.48. The Morgan fingerprint density at radius 3 is 2.56 bits per heavy atom. The lowest BCUT2D eigenvalue weighted by Crippen LogP contribution is -2.34. The Bertz CT molecular complexity index is 315. The summed E-state index contributed by atoms with van der Waals surface area (Å²) >= 11 is 0. The molecule has 0 atom stereocenters. The van der Waals surface area contributed by atoms with Crippen LogP contribution in [-0.2, 0) is 0 Å². The number of piperidine rings is 1. The van der Waals surface area contributed by atoms with Gasteiger partial charge in [-0.25, -0.2) is 0 Å². The second-order valence-electron chi connectivity index (χ2n) is 5.34. The van der Waals surface area contributed by atoms with Gasteiger partial charge in [0, 0.05) is 12.2 Å². The fourth-order valence-electron chi connectivity index (χ4n) is 2.71. The van der Waals surface area contributed by atoms with E-state index in [1.54, 1.807) is 0 Å². The van der Waals surface area contributed by atoms with Crippen LogP contribution in [0.4, 0.5) is 5.69 Å². The zero-order chi connectivity index (χ0) is 12.6. The van der Waals surface area contributed by atoms with Crippen molar-refractivity contribution >= 4 is 5.69 Å². The molecule has 0 saturated carbocycles. The molecule has 0 bridgehead atoms.